The van der Waals surface area contributed by atoms with Crippen LogP contribution in [0.2, 0.25) is 0 Å². The zero-order valence-electron chi connectivity index (χ0n) is 20.8. The van der Waals surface area contributed by atoms with Gasteiger partial charge >= 0.3 is 0 Å². The Labute approximate surface area is 214 Å². The van der Waals surface area contributed by atoms with Crippen molar-refractivity contribution in [1.29, 1.82) is 0 Å². The number of fused-ring (bicyclic) bond motifs is 1. The monoisotopic (exact) mass is 501 g/mol. The first-order valence-electron chi connectivity index (χ1n) is 11.9. The number of benzene rings is 3. The maximum atomic E-state index is 13.4. The number of amides is 1. The Bertz CT molecular complexity index is 1390. The Morgan fingerprint density at radius 1 is 1.00 bits per heavy atom. The molecule has 1 N–H and O–H groups in total. The van der Waals surface area contributed by atoms with E-state index in [1.54, 1.807) is 67.8 Å². The third-order valence-electron chi connectivity index (χ3n) is 6.22. The van der Waals surface area contributed by atoms with Gasteiger partial charge in [0.15, 0.2) is 11.5 Å². The van der Waals surface area contributed by atoms with Crippen molar-refractivity contribution in [2.45, 2.75) is 32.5 Å². The number of ether oxygens (including phenoxy) is 4. The Morgan fingerprint density at radius 2 is 1.76 bits per heavy atom. The Morgan fingerprint density at radius 3 is 2.54 bits per heavy atom. The average Bonchev–Trinajstić information content (AvgIpc) is 3.46. The van der Waals surface area contributed by atoms with E-state index < -0.39 is 17.7 Å². The number of ketones is 1. The van der Waals surface area contributed by atoms with E-state index in [2.05, 4.69) is 0 Å². The molecule has 0 radical (unpaired) electrons. The molecule has 5 rings (SSSR count). The molecule has 8 nitrogen and oxygen atoms in total. The number of hydrogen-bond acceptors (Lipinski definition) is 7. The minimum absolute atomic E-state index is 0.000642. The van der Waals surface area contributed by atoms with Gasteiger partial charge in [0.25, 0.3) is 11.7 Å². The molecular formula is C29H27NO7. The average molecular weight is 502 g/mol. The molecule has 2 aliphatic rings. The van der Waals surface area contributed by atoms with Gasteiger partial charge in [-0.2, -0.15) is 0 Å². The van der Waals surface area contributed by atoms with E-state index in [1.165, 1.54) is 4.90 Å². The Balaban J connectivity index is 1.61. The summed E-state index contributed by atoms with van der Waals surface area (Å²) in [5.41, 5.74) is 1.77. The van der Waals surface area contributed by atoms with Crippen molar-refractivity contribution in [3.8, 4) is 23.0 Å². The second kappa shape index (κ2) is 9.89. The van der Waals surface area contributed by atoms with E-state index in [0.717, 1.165) is 5.56 Å². The maximum Gasteiger partial charge on any atom is 0.295 e. The largest absolute Gasteiger partial charge is 0.507 e. The van der Waals surface area contributed by atoms with Crippen molar-refractivity contribution >= 4 is 17.4 Å². The highest BCUT2D eigenvalue weighted by Gasteiger charge is 2.46. The normalized spacial score (nSPS) is 17.9. The molecule has 3 aromatic carbocycles. The van der Waals surface area contributed by atoms with Crippen LogP contribution in [-0.4, -0.2) is 41.7 Å². The lowest BCUT2D eigenvalue weighted by Crippen LogP contribution is -2.29. The van der Waals surface area contributed by atoms with Crippen LogP contribution in [0.15, 0.2) is 72.3 Å². The summed E-state index contributed by atoms with van der Waals surface area (Å²) in [6.07, 6.45) is -0.0681. The van der Waals surface area contributed by atoms with Crippen LogP contribution in [0.5, 0.6) is 23.0 Å². The van der Waals surface area contributed by atoms with Crippen LogP contribution in [0, 0.1) is 0 Å². The molecule has 3 aromatic rings. The fraction of sp³-hybridized carbons (Fsp3) is 0.241. The smallest absolute Gasteiger partial charge is 0.295 e. The van der Waals surface area contributed by atoms with Crippen molar-refractivity contribution in [3.05, 3.63) is 89.0 Å². The topological polar surface area (TPSA) is 94.5 Å². The van der Waals surface area contributed by atoms with Crippen LogP contribution in [0.25, 0.3) is 5.76 Å². The van der Waals surface area contributed by atoms with Crippen LogP contribution in [0.4, 0.5) is 0 Å². The minimum atomic E-state index is -0.838. The molecule has 0 aromatic heterocycles. The Kier molecular flexibility index (Phi) is 6.48. The van der Waals surface area contributed by atoms with Crippen molar-refractivity contribution in [2.24, 2.45) is 0 Å². The van der Waals surface area contributed by atoms with Crippen LogP contribution < -0.4 is 18.9 Å². The van der Waals surface area contributed by atoms with Gasteiger partial charge in [-0.05, 0) is 61.4 Å². The molecule has 1 amide bonds. The summed E-state index contributed by atoms with van der Waals surface area (Å²) >= 11 is 0. The van der Waals surface area contributed by atoms with Gasteiger partial charge in [0, 0.05) is 12.1 Å². The van der Waals surface area contributed by atoms with Gasteiger partial charge in [-0.3, -0.25) is 9.59 Å². The quantitative estimate of drug-likeness (QED) is 0.281. The second-order valence-electron chi connectivity index (χ2n) is 9.09. The van der Waals surface area contributed by atoms with Gasteiger partial charge in [0.05, 0.1) is 24.8 Å². The van der Waals surface area contributed by atoms with Gasteiger partial charge in [-0.15, -0.1) is 0 Å². The molecule has 2 aliphatic heterocycles. The summed E-state index contributed by atoms with van der Waals surface area (Å²) < 4.78 is 22.0. The van der Waals surface area contributed by atoms with Crippen LogP contribution in [0.3, 0.4) is 0 Å². The van der Waals surface area contributed by atoms with Crippen molar-refractivity contribution in [2.75, 3.05) is 13.9 Å². The molecule has 0 saturated carbocycles. The number of aliphatic hydroxyl groups is 1. The summed E-state index contributed by atoms with van der Waals surface area (Å²) in [6, 6.07) is 18.5. The molecule has 1 fully saturated rings. The molecule has 0 aliphatic carbocycles. The zero-order valence-corrected chi connectivity index (χ0v) is 20.8. The molecule has 0 bridgehead atoms. The lowest BCUT2D eigenvalue weighted by molar-refractivity contribution is -0.140. The first-order chi connectivity index (χ1) is 17.9. The summed E-state index contributed by atoms with van der Waals surface area (Å²) in [5.74, 6) is 0.578. The summed E-state index contributed by atoms with van der Waals surface area (Å²) in [6.45, 7) is 4.05. The molecule has 2 heterocycles. The van der Waals surface area contributed by atoms with E-state index in [0.29, 0.717) is 34.1 Å². The highest BCUT2D eigenvalue weighted by Crippen LogP contribution is 2.42. The third-order valence-corrected chi connectivity index (χ3v) is 6.22. The van der Waals surface area contributed by atoms with Crippen molar-refractivity contribution < 1.29 is 33.6 Å². The number of methoxy groups -OCH3 is 1. The number of Topliss-reactive ketones (excluding diaryl/α,β-unsaturated/α-hetero) is 1. The maximum absolute atomic E-state index is 13.4. The lowest BCUT2D eigenvalue weighted by atomic mass is 9.95. The number of likely N-dealkylation sites (tertiary alicyclic amines) is 1. The predicted octanol–water partition coefficient (Wildman–Crippen LogP) is 4.83. The molecular weight excluding hydrogens is 474 g/mol. The molecule has 1 atom stereocenters. The fourth-order valence-corrected chi connectivity index (χ4v) is 4.58. The zero-order chi connectivity index (χ0) is 26.1. The van der Waals surface area contributed by atoms with Crippen LogP contribution in [0.1, 0.15) is 36.6 Å². The standard InChI is InChI=1S/C29H27NO7/c1-17(2)37-22-9-5-7-20(14-22)27(31)25-26(19-6-4-8-21(13-19)34-3)30(29(33)28(25)32)15-18-10-11-23-24(12-18)36-16-35-23/h4-14,17,26,31H,15-16H2,1-3H3/b27-25+. The third kappa shape index (κ3) is 4.70. The molecule has 190 valence electrons. The molecule has 37 heavy (non-hydrogen) atoms. The van der Waals surface area contributed by atoms with Crippen LogP contribution in [-0.2, 0) is 16.1 Å². The summed E-state index contributed by atoms with van der Waals surface area (Å²) in [7, 11) is 1.54. The lowest BCUT2D eigenvalue weighted by Gasteiger charge is -2.26. The van der Waals surface area contributed by atoms with E-state index in [-0.39, 0.29) is 30.8 Å². The number of hydrogen-bond donors (Lipinski definition) is 1. The van der Waals surface area contributed by atoms with Gasteiger partial charge in [0.1, 0.15) is 17.3 Å². The molecule has 0 spiro atoms. The Hall–Kier alpha value is -4.46. The van der Waals surface area contributed by atoms with E-state index >= 15 is 0 Å². The second-order valence-corrected chi connectivity index (χ2v) is 9.09. The number of carbonyl (C=O) groups excluding carboxylic acids is 2. The van der Waals surface area contributed by atoms with Crippen LogP contribution >= 0.6 is 0 Å². The number of rotatable bonds is 7. The highest BCUT2D eigenvalue weighted by atomic mass is 16.7. The fourth-order valence-electron chi connectivity index (χ4n) is 4.58. The number of carbonyl (C=O) groups is 2. The first-order valence-corrected chi connectivity index (χ1v) is 11.9. The summed E-state index contributed by atoms with van der Waals surface area (Å²) in [5, 5.41) is 11.4. The van der Waals surface area contributed by atoms with Gasteiger partial charge in [-0.1, -0.05) is 30.3 Å². The predicted molar refractivity (Wildman–Crippen MR) is 136 cm³/mol. The van der Waals surface area contributed by atoms with Crippen molar-refractivity contribution in [3.63, 3.8) is 0 Å². The molecule has 1 unspecified atom stereocenters. The summed E-state index contributed by atoms with van der Waals surface area (Å²) in [4.78, 5) is 28.2. The molecule has 8 heteroatoms. The van der Waals surface area contributed by atoms with Crippen molar-refractivity contribution in [1.82, 2.24) is 4.90 Å². The first kappa shape index (κ1) is 24.2. The SMILES string of the molecule is COc1cccc(C2/C(=C(\O)c3cccc(OC(C)C)c3)C(=O)C(=O)N2Cc2ccc3c(c2)OCO3)c1. The number of nitrogens with zero attached hydrogens (tertiary/aromatic N) is 1. The van der Waals surface area contributed by atoms with E-state index in [9.17, 15) is 14.7 Å². The molecule has 1 saturated heterocycles. The highest BCUT2D eigenvalue weighted by molar-refractivity contribution is 6.46. The minimum Gasteiger partial charge on any atom is -0.507 e. The van der Waals surface area contributed by atoms with Gasteiger partial charge in [-0.25, -0.2) is 0 Å². The van der Waals surface area contributed by atoms with Gasteiger partial charge < -0.3 is 29.0 Å². The number of aliphatic hydroxyl groups excluding tert-OH is 1. The van der Waals surface area contributed by atoms with E-state index in [1.807, 2.05) is 19.9 Å². The van der Waals surface area contributed by atoms with E-state index in [4.69, 9.17) is 18.9 Å². The van der Waals surface area contributed by atoms with Gasteiger partial charge in [0.2, 0.25) is 6.79 Å².